The SMILES string of the molecule is CC.CC.CCCC.CCCCSOO.CSOO.Nc1c(N=Nc2ccccc2)cc(S(=O)(=O)O)cc1N=Nc1ccc2ccccc2c1.[Y].[Y]. The Morgan fingerprint density at radius 1 is 0.673 bits per heavy atom. The largest absolute Gasteiger partial charge is 0.395 e. The summed E-state index contributed by atoms with van der Waals surface area (Å²) >= 11 is 2.00. The molecule has 12 nitrogen and oxygen atoms in total. The molecule has 5 N–H and O–H groups in total. The average Bonchev–Trinajstić information content (AvgIpc) is 3.16. The number of azo groups is 2. The molecule has 0 aliphatic heterocycles. The van der Waals surface area contributed by atoms with Gasteiger partial charge in [-0.15, -0.1) is 10.2 Å². The first kappa shape index (κ1) is 57.5. The van der Waals surface area contributed by atoms with Gasteiger partial charge in [-0.3, -0.25) is 4.55 Å². The summed E-state index contributed by atoms with van der Waals surface area (Å²) in [6.07, 6.45) is 6.52. The van der Waals surface area contributed by atoms with Crippen LogP contribution in [-0.2, 0) is 84.2 Å². The third-order valence-electron chi connectivity index (χ3n) is 5.65. The zero-order valence-electron chi connectivity index (χ0n) is 31.3. The molecule has 284 valence electrons. The summed E-state index contributed by atoms with van der Waals surface area (Å²) < 4.78 is 40.2. The van der Waals surface area contributed by atoms with E-state index in [4.69, 9.17) is 16.2 Å². The Balaban J connectivity index is -0.000000460. The molecule has 17 heteroatoms. The summed E-state index contributed by atoms with van der Waals surface area (Å²) in [6, 6.07) is 24.4. The maximum atomic E-state index is 11.7. The van der Waals surface area contributed by atoms with E-state index in [0.717, 1.165) is 65.6 Å². The van der Waals surface area contributed by atoms with Crippen LogP contribution in [0.4, 0.5) is 28.4 Å². The molecule has 4 aromatic rings. The van der Waals surface area contributed by atoms with Crippen LogP contribution in [-0.4, -0.2) is 35.5 Å². The molecule has 0 aliphatic rings. The smallest absolute Gasteiger partial charge is 0.294 e. The fourth-order valence-electron chi connectivity index (χ4n) is 3.11. The minimum atomic E-state index is -4.52. The zero-order chi connectivity index (χ0) is 38.2. The summed E-state index contributed by atoms with van der Waals surface area (Å²) in [4.78, 5) is -0.406. The van der Waals surface area contributed by atoms with Gasteiger partial charge in [0.2, 0.25) is 0 Å². The first-order chi connectivity index (χ1) is 24.1. The van der Waals surface area contributed by atoms with Crippen molar-refractivity contribution in [2.75, 3.05) is 17.7 Å². The summed E-state index contributed by atoms with van der Waals surface area (Å²) in [5.74, 6) is 0.882. The third-order valence-corrected chi connectivity index (χ3v) is 7.19. The monoisotopic (exact) mass is 929 g/mol. The molecule has 0 spiro atoms. The van der Waals surface area contributed by atoms with Gasteiger partial charge in [0, 0.05) is 102 Å². The van der Waals surface area contributed by atoms with Crippen molar-refractivity contribution in [2.24, 2.45) is 20.5 Å². The van der Waals surface area contributed by atoms with E-state index in [-0.39, 0.29) is 82.5 Å². The molecule has 4 aromatic carbocycles. The molecule has 2 radical (unpaired) electrons. The summed E-state index contributed by atoms with van der Waals surface area (Å²) in [7, 11) is -4.52. The van der Waals surface area contributed by atoms with Crippen LogP contribution < -0.4 is 5.73 Å². The first-order valence-electron chi connectivity index (χ1n) is 16.2. The molecule has 0 saturated heterocycles. The van der Waals surface area contributed by atoms with Crippen molar-refractivity contribution < 1.29 is 97.6 Å². The number of rotatable bonds is 11. The number of anilines is 1. The second-order valence-corrected chi connectivity index (χ2v) is 11.8. The fraction of sp³-hybridized carbons (Fsp3) is 0.371. The van der Waals surface area contributed by atoms with Gasteiger partial charge in [0.1, 0.15) is 11.4 Å². The van der Waals surface area contributed by atoms with Crippen molar-refractivity contribution in [3.63, 3.8) is 0 Å². The second-order valence-electron chi connectivity index (χ2n) is 9.11. The minimum absolute atomic E-state index is 0. The van der Waals surface area contributed by atoms with E-state index in [0.29, 0.717) is 11.4 Å². The average molecular weight is 930 g/mol. The van der Waals surface area contributed by atoms with E-state index >= 15 is 0 Å². The molecule has 0 heterocycles. The van der Waals surface area contributed by atoms with Crippen molar-refractivity contribution in [1.29, 1.82) is 0 Å². The van der Waals surface area contributed by atoms with E-state index in [9.17, 15) is 13.0 Å². The molecule has 0 saturated carbocycles. The maximum Gasteiger partial charge on any atom is 0.294 e. The van der Waals surface area contributed by atoms with Crippen LogP contribution in [0.25, 0.3) is 10.8 Å². The van der Waals surface area contributed by atoms with Crippen LogP contribution in [0, 0.1) is 0 Å². The molecule has 0 aromatic heterocycles. The van der Waals surface area contributed by atoms with Crippen molar-refractivity contribution in [3.05, 3.63) is 84.9 Å². The van der Waals surface area contributed by atoms with Gasteiger partial charge in [0.25, 0.3) is 10.1 Å². The number of unbranched alkanes of at least 4 members (excludes halogenated alkanes) is 2. The molecule has 4 rings (SSSR count). The summed E-state index contributed by atoms with van der Waals surface area (Å²) in [6.45, 7) is 14.5. The first-order valence-corrected chi connectivity index (χ1v) is 19.7. The molecule has 0 unspecified atom stereocenters. The Morgan fingerprint density at radius 3 is 1.60 bits per heavy atom. The van der Waals surface area contributed by atoms with E-state index < -0.39 is 15.0 Å². The summed E-state index contributed by atoms with van der Waals surface area (Å²) in [5, 5.41) is 33.5. The van der Waals surface area contributed by atoms with Gasteiger partial charge in [-0.1, -0.05) is 116 Å². The van der Waals surface area contributed by atoms with Gasteiger partial charge in [0.15, 0.2) is 0 Å². The Labute approximate surface area is 369 Å². The minimum Gasteiger partial charge on any atom is -0.395 e. The predicted molar refractivity (Wildman–Crippen MR) is 211 cm³/mol. The van der Waals surface area contributed by atoms with Crippen LogP contribution in [0.3, 0.4) is 0 Å². The quantitative estimate of drug-likeness (QED) is 0.0214. The van der Waals surface area contributed by atoms with Crippen molar-refractivity contribution in [2.45, 2.75) is 79.0 Å². The number of nitrogen functional groups attached to an aromatic ring is 1. The third kappa shape index (κ3) is 26.6. The van der Waals surface area contributed by atoms with Gasteiger partial charge in [-0.05, 0) is 53.6 Å². The van der Waals surface area contributed by atoms with Gasteiger partial charge < -0.3 is 5.73 Å². The molecule has 0 bridgehead atoms. The molecule has 52 heavy (non-hydrogen) atoms. The number of fused-ring (bicyclic) bond motifs is 1. The van der Waals surface area contributed by atoms with Crippen molar-refractivity contribution in [3.8, 4) is 0 Å². The van der Waals surface area contributed by atoms with Crippen LogP contribution in [0.1, 0.15) is 74.1 Å². The molecule has 0 atom stereocenters. The van der Waals surface area contributed by atoms with Crippen molar-refractivity contribution in [1.82, 2.24) is 0 Å². The van der Waals surface area contributed by atoms with E-state index in [1.54, 1.807) is 36.6 Å². The Morgan fingerprint density at radius 2 is 1.15 bits per heavy atom. The maximum absolute atomic E-state index is 11.7. The zero-order valence-corrected chi connectivity index (χ0v) is 39.5. The van der Waals surface area contributed by atoms with Gasteiger partial charge in [-0.25, -0.2) is 10.5 Å². The number of nitrogens with two attached hydrogens (primary N) is 1. The predicted octanol–water partition coefficient (Wildman–Crippen LogP) is 13.0. The van der Waals surface area contributed by atoms with Crippen LogP contribution >= 0.6 is 24.1 Å². The van der Waals surface area contributed by atoms with Gasteiger partial charge in [0.05, 0.1) is 22.0 Å². The summed E-state index contributed by atoms with van der Waals surface area (Å²) in [5.41, 5.74) is 7.42. The number of hydrogen-bond acceptors (Lipinski definition) is 13. The Hall–Kier alpha value is -1.20. The molecule has 0 aliphatic carbocycles. The van der Waals surface area contributed by atoms with Crippen LogP contribution in [0.5, 0.6) is 0 Å². The second kappa shape index (κ2) is 38.1. The topological polar surface area (TPSA) is 189 Å². The molecular formula is C35H53N5O7S3Y2. The van der Waals surface area contributed by atoms with E-state index in [2.05, 4.69) is 49.9 Å². The van der Waals surface area contributed by atoms with E-state index in [1.165, 1.54) is 12.8 Å². The van der Waals surface area contributed by atoms with Gasteiger partial charge >= 0.3 is 0 Å². The Kier molecular flexibility index (Phi) is 42.1. The normalized spacial score (nSPS) is 9.90. The van der Waals surface area contributed by atoms with Gasteiger partial charge in [-0.2, -0.15) is 27.3 Å². The van der Waals surface area contributed by atoms with Crippen molar-refractivity contribution >= 4 is 73.4 Å². The number of benzene rings is 4. The number of hydrogen-bond donors (Lipinski definition) is 4. The number of nitrogens with zero attached hydrogens (tertiary/aromatic N) is 4. The van der Waals surface area contributed by atoms with Crippen LogP contribution in [0.15, 0.2) is 110 Å². The molecular weight excluding hydrogens is 876 g/mol. The Bertz CT molecular complexity index is 1590. The molecule has 0 amide bonds. The van der Waals surface area contributed by atoms with E-state index in [1.807, 2.05) is 70.2 Å². The standard InChI is InChI=1S/C22H17N5O3S.C4H10O2S.C4H10.2C2H6.CH4O2S.2Y/c23-22-20(26-24-17-8-2-1-3-9-17)13-19(31(28,29)30)14-21(22)27-25-18-11-10-15-6-4-5-7-16(15)12-18;1-2-3-4-7-6-5;1-3-4-2;2*1-2;1-4-3-2;;/h1-14H,23H2,(H,28,29,30);5H,2-4H2,1H3;3-4H2,1-2H3;2*1-2H3;2H,1H3;;. The molecule has 0 fully saturated rings. The van der Waals surface area contributed by atoms with Crippen LogP contribution in [0.2, 0.25) is 0 Å². The fourth-order valence-corrected chi connectivity index (χ4v) is 4.11.